The molecule has 0 bridgehead atoms. The summed E-state index contributed by atoms with van der Waals surface area (Å²) in [6.07, 6.45) is -3.15. The summed E-state index contributed by atoms with van der Waals surface area (Å²) in [4.78, 5) is 12.1. The Kier molecular flexibility index (Phi) is 5.19. The van der Waals surface area contributed by atoms with Gasteiger partial charge in [0, 0.05) is 22.3 Å². The van der Waals surface area contributed by atoms with Gasteiger partial charge < -0.3 is 4.90 Å². The van der Waals surface area contributed by atoms with Crippen LogP contribution in [0.25, 0.3) is 0 Å². The Balaban J connectivity index is 3.08. The number of hydrogen-bond acceptors (Lipinski definition) is 2. The molecule has 0 N–H and O–H groups in total. The van der Waals surface area contributed by atoms with Gasteiger partial charge in [-0.1, -0.05) is 22.9 Å². The normalized spacial score (nSPS) is 11.4. The van der Waals surface area contributed by atoms with Crippen molar-refractivity contribution in [1.29, 1.82) is 0 Å². The molecule has 2 nitrogen and oxygen atoms in total. The average Bonchev–Trinajstić information content (AvgIpc) is 2.26. The molecule has 6 heteroatoms. The van der Waals surface area contributed by atoms with Gasteiger partial charge in [0.1, 0.15) is 6.54 Å². The van der Waals surface area contributed by atoms with Gasteiger partial charge >= 0.3 is 6.18 Å². The molecular weight excluding hydrogens is 311 g/mol. The Morgan fingerprint density at radius 1 is 1.39 bits per heavy atom. The van der Waals surface area contributed by atoms with Crippen molar-refractivity contribution in [1.82, 2.24) is 0 Å². The highest BCUT2D eigenvalue weighted by Gasteiger charge is 2.31. The number of rotatable bonds is 5. The quantitative estimate of drug-likeness (QED) is 0.762. The van der Waals surface area contributed by atoms with E-state index in [0.29, 0.717) is 22.9 Å². The zero-order chi connectivity index (χ0) is 13.8. The highest BCUT2D eigenvalue weighted by atomic mass is 79.9. The van der Waals surface area contributed by atoms with Gasteiger partial charge in [0.2, 0.25) is 0 Å². The molecule has 0 saturated carbocycles. The highest BCUT2D eigenvalue weighted by molar-refractivity contribution is 9.10. The number of alkyl halides is 3. The Bertz CT molecular complexity index is 420. The fourth-order valence-electron chi connectivity index (χ4n) is 1.68. The third-order valence-electron chi connectivity index (χ3n) is 2.32. The first-order chi connectivity index (χ1) is 8.37. The number of hydrogen-bond donors (Lipinski definition) is 0. The van der Waals surface area contributed by atoms with Crippen molar-refractivity contribution in [2.45, 2.75) is 19.5 Å². The van der Waals surface area contributed by atoms with Gasteiger partial charge in [-0.2, -0.15) is 13.2 Å². The molecule has 0 aliphatic rings. The number of benzene rings is 1. The van der Waals surface area contributed by atoms with Crippen molar-refractivity contribution in [3.63, 3.8) is 0 Å². The van der Waals surface area contributed by atoms with Gasteiger partial charge in [0.25, 0.3) is 0 Å². The van der Waals surface area contributed by atoms with Crippen LogP contribution < -0.4 is 4.90 Å². The van der Waals surface area contributed by atoms with Crippen LogP contribution in [-0.2, 0) is 0 Å². The Labute approximate surface area is 112 Å². The van der Waals surface area contributed by atoms with E-state index < -0.39 is 12.7 Å². The maximum Gasteiger partial charge on any atom is 0.405 e. The predicted molar refractivity (Wildman–Crippen MR) is 68.1 cm³/mol. The molecule has 0 unspecified atom stereocenters. The van der Waals surface area contributed by atoms with Crippen molar-refractivity contribution in [2.24, 2.45) is 0 Å². The molecule has 0 atom stereocenters. The van der Waals surface area contributed by atoms with E-state index in [1.807, 2.05) is 0 Å². The van der Waals surface area contributed by atoms with Crippen molar-refractivity contribution < 1.29 is 18.0 Å². The molecule has 18 heavy (non-hydrogen) atoms. The molecule has 0 saturated heterocycles. The number of aldehydes is 1. The summed E-state index contributed by atoms with van der Waals surface area (Å²) < 4.78 is 38.1. The van der Waals surface area contributed by atoms with Gasteiger partial charge in [-0.15, -0.1) is 0 Å². The Hall–Kier alpha value is -1.04. The lowest BCUT2D eigenvalue weighted by molar-refractivity contribution is -0.119. The number of nitrogens with zero attached hydrogens (tertiary/aromatic N) is 1. The first-order valence-electron chi connectivity index (χ1n) is 5.44. The second kappa shape index (κ2) is 6.22. The number of anilines is 1. The van der Waals surface area contributed by atoms with E-state index >= 15 is 0 Å². The molecule has 1 aromatic rings. The first kappa shape index (κ1) is 15.0. The van der Waals surface area contributed by atoms with Crippen molar-refractivity contribution in [3.8, 4) is 0 Å². The number of carbonyl (C=O) groups excluding carboxylic acids is 1. The monoisotopic (exact) mass is 323 g/mol. The van der Waals surface area contributed by atoms with Crippen LogP contribution in [-0.4, -0.2) is 25.6 Å². The van der Waals surface area contributed by atoms with Crippen LogP contribution in [0.2, 0.25) is 0 Å². The van der Waals surface area contributed by atoms with Gasteiger partial charge in [0.15, 0.2) is 6.29 Å². The number of halogens is 4. The molecule has 0 aliphatic carbocycles. The smallest absolute Gasteiger partial charge is 0.362 e. The minimum Gasteiger partial charge on any atom is -0.362 e. The Morgan fingerprint density at radius 2 is 2.06 bits per heavy atom. The summed E-state index contributed by atoms with van der Waals surface area (Å²) >= 11 is 3.19. The number of carbonyl (C=O) groups is 1. The van der Waals surface area contributed by atoms with E-state index in [4.69, 9.17) is 0 Å². The summed E-state index contributed by atoms with van der Waals surface area (Å²) in [7, 11) is 0. The second-order valence-corrected chi connectivity index (χ2v) is 4.77. The highest BCUT2D eigenvalue weighted by Crippen LogP contribution is 2.27. The van der Waals surface area contributed by atoms with E-state index in [9.17, 15) is 18.0 Å². The van der Waals surface area contributed by atoms with E-state index in [1.165, 1.54) is 17.0 Å². The van der Waals surface area contributed by atoms with Gasteiger partial charge in [-0.3, -0.25) is 4.79 Å². The minimum atomic E-state index is -4.29. The van der Waals surface area contributed by atoms with E-state index in [-0.39, 0.29) is 12.1 Å². The standard InChI is InChI=1S/C12H13BrF3NO/c1-2-5-17(8-12(14,15)16)11-4-3-10(13)6-9(11)7-18/h3-4,6-7H,2,5,8H2,1H3. The largest absolute Gasteiger partial charge is 0.405 e. The molecular formula is C12H13BrF3NO. The summed E-state index contributed by atoms with van der Waals surface area (Å²) in [5.74, 6) is 0. The van der Waals surface area contributed by atoms with E-state index in [1.54, 1.807) is 13.0 Å². The van der Waals surface area contributed by atoms with Crippen LogP contribution in [0.15, 0.2) is 22.7 Å². The topological polar surface area (TPSA) is 20.3 Å². The molecule has 0 amide bonds. The maximum atomic E-state index is 12.5. The summed E-state index contributed by atoms with van der Waals surface area (Å²) in [5, 5.41) is 0. The van der Waals surface area contributed by atoms with E-state index in [0.717, 1.165) is 0 Å². The molecule has 0 heterocycles. The lowest BCUT2D eigenvalue weighted by Gasteiger charge is -2.26. The van der Waals surface area contributed by atoms with Crippen LogP contribution in [0, 0.1) is 0 Å². The second-order valence-electron chi connectivity index (χ2n) is 3.86. The predicted octanol–water partition coefficient (Wildman–Crippen LogP) is 4.04. The fourth-order valence-corrected chi connectivity index (χ4v) is 2.06. The first-order valence-corrected chi connectivity index (χ1v) is 6.23. The summed E-state index contributed by atoms with van der Waals surface area (Å²) in [6.45, 7) is 0.994. The van der Waals surface area contributed by atoms with Crippen molar-refractivity contribution >= 4 is 27.9 Å². The molecule has 0 aromatic heterocycles. The zero-order valence-electron chi connectivity index (χ0n) is 9.80. The van der Waals surface area contributed by atoms with Crippen LogP contribution >= 0.6 is 15.9 Å². The maximum absolute atomic E-state index is 12.5. The molecule has 0 fully saturated rings. The third kappa shape index (κ3) is 4.33. The molecule has 1 rings (SSSR count). The lowest BCUT2D eigenvalue weighted by Crippen LogP contribution is -2.35. The van der Waals surface area contributed by atoms with Crippen molar-refractivity contribution in [3.05, 3.63) is 28.2 Å². The third-order valence-corrected chi connectivity index (χ3v) is 2.81. The van der Waals surface area contributed by atoms with Crippen molar-refractivity contribution in [2.75, 3.05) is 18.0 Å². The zero-order valence-corrected chi connectivity index (χ0v) is 11.4. The van der Waals surface area contributed by atoms with Crippen LogP contribution in [0.5, 0.6) is 0 Å². The molecule has 0 aliphatic heterocycles. The SMILES string of the molecule is CCCN(CC(F)(F)F)c1ccc(Br)cc1C=O. The summed E-state index contributed by atoms with van der Waals surface area (Å²) in [5.41, 5.74) is 0.564. The minimum absolute atomic E-state index is 0.252. The van der Waals surface area contributed by atoms with Crippen LogP contribution in [0.4, 0.5) is 18.9 Å². The molecule has 100 valence electrons. The van der Waals surface area contributed by atoms with Gasteiger partial charge in [-0.25, -0.2) is 0 Å². The Morgan fingerprint density at radius 3 is 2.56 bits per heavy atom. The van der Waals surface area contributed by atoms with E-state index in [2.05, 4.69) is 15.9 Å². The van der Waals surface area contributed by atoms with Gasteiger partial charge in [0.05, 0.1) is 0 Å². The van der Waals surface area contributed by atoms with Crippen LogP contribution in [0.1, 0.15) is 23.7 Å². The molecule has 0 radical (unpaired) electrons. The molecule has 0 spiro atoms. The average molecular weight is 324 g/mol. The van der Waals surface area contributed by atoms with Crippen LogP contribution in [0.3, 0.4) is 0 Å². The molecule has 1 aromatic carbocycles. The summed E-state index contributed by atoms with van der Waals surface area (Å²) in [6, 6.07) is 4.66. The fraction of sp³-hybridized carbons (Fsp3) is 0.417. The van der Waals surface area contributed by atoms with Gasteiger partial charge in [-0.05, 0) is 24.6 Å². The lowest BCUT2D eigenvalue weighted by atomic mass is 10.1.